The minimum atomic E-state index is -0.903. The van der Waals surface area contributed by atoms with Crippen LogP contribution in [0.4, 0.5) is 11.5 Å². The molecule has 2 aromatic rings. The molecular weight excluding hydrogens is 180 g/mol. The standard InChI is InChI=1S/C5H6N4O4/c6-1-2-4(8(11)3(1)7)9(12)5(10)13-2/h10-11H,6-7H2. The van der Waals surface area contributed by atoms with Gasteiger partial charge < -0.3 is 31.4 Å². The highest BCUT2D eigenvalue weighted by atomic mass is 16.6. The van der Waals surface area contributed by atoms with Crippen LogP contribution in [0.25, 0.3) is 11.2 Å². The number of hydrogen-bond acceptors (Lipinski definition) is 6. The first kappa shape index (κ1) is 7.40. The molecule has 0 fully saturated rings. The van der Waals surface area contributed by atoms with Crippen molar-refractivity contribution >= 4 is 22.7 Å². The van der Waals surface area contributed by atoms with Crippen molar-refractivity contribution in [2.45, 2.75) is 0 Å². The molecule has 0 aliphatic rings. The molecule has 0 radical (unpaired) electrons. The molecule has 0 unspecified atom stereocenters. The maximum absolute atomic E-state index is 11.0. The summed E-state index contributed by atoms with van der Waals surface area (Å²) >= 11 is 0. The van der Waals surface area contributed by atoms with Gasteiger partial charge in [-0.25, -0.2) is 0 Å². The van der Waals surface area contributed by atoms with Crippen LogP contribution < -0.4 is 16.2 Å². The monoisotopic (exact) mass is 186 g/mol. The number of nitrogen functional groups attached to an aromatic ring is 2. The van der Waals surface area contributed by atoms with Gasteiger partial charge in [-0.15, -0.1) is 0 Å². The van der Waals surface area contributed by atoms with E-state index in [1.165, 1.54) is 0 Å². The first-order valence-corrected chi connectivity index (χ1v) is 3.24. The fourth-order valence-electron chi connectivity index (χ4n) is 1.06. The summed E-state index contributed by atoms with van der Waals surface area (Å²) in [7, 11) is 0. The Kier molecular flexibility index (Phi) is 1.09. The highest BCUT2D eigenvalue weighted by molar-refractivity contribution is 5.90. The summed E-state index contributed by atoms with van der Waals surface area (Å²) in [5.74, 6) is -0.210. The largest absolute Gasteiger partial charge is 0.706 e. The molecule has 0 bridgehead atoms. The van der Waals surface area contributed by atoms with E-state index < -0.39 is 6.08 Å². The Morgan fingerprint density at radius 1 is 1.46 bits per heavy atom. The van der Waals surface area contributed by atoms with Gasteiger partial charge in [0.1, 0.15) is 0 Å². The molecular formula is C5H6N4O4. The van der Waals surface area contributed by atoms with Gasteiger partial charge in [-0.05, 0) is 4.73 Å². The number of hydrogen-bond donors (Lipinski definition) is 4. The molecule has 0 amide bonds. The zero-order valence-corrected chi connectivity index (χ0v) is 6.26. The van der Waals surface area contributed by atoms with E-state index in [1.807, 2.05) is 0 Å². The first-order valence-electron chi connectivity index (χ1n) is 3.24. The van der Waals surface area contributed by atoms with Gasteiger partial charge in [-0.3, -0.25) is 0 Å². The number of nitrogens with two attached hydrogens (primary N) is 2. The number of nitrogens with zero attached hydrogens (tertiary/aromatic N) is 2. The van der Waals surface area contributed by atoms with Gasteiger partial charge >= 0.3 is 11.7 Å². The van der Waals surface area contributed by atoms with Crippen molar-refractivity contribution in [3.63, 3.8) is 0 Å². The fourth-order valence-corrected chi connectivity index (χ4v) is 1.06. The fraction of sp³-hybridized carbons (Fsp3) is 0. The van der Waals surface area contributed by atoms with Crippen molar-refractivity contribution in [1.82, 2.24) is 4.73 Å². The van der Waals surface area contributed by atoms with Crippen molar-refractivity contribution in [2.24, 2.45) is 0 Å². The second-order valence-corrected chi connectivity index (χ2v) is 2.44. The zero-order chi connectivity index (χ0) is 9.75. The first-order chi connectivity index (χ1) is 6.04. The Labute approximate surface area is 70.7 Å². The van der Waals surface area contributed by atoms with Crippen LogP contribution >= 0.6 is 0 Å². The smallest absolute Gasteiger partial charge is 0.471 e. The van der Waals surface area contributed by atoms with E-state index in [4.69, 9.17) is 16.6 Å². The molecule has 13 heavy (non-hydrogen) atoms. The van der Waals surface area contributed by atoms with Crippen LogP contribution in [0.2, 0.25) is 0 Å². The second kappa shape index (κ2) is 1.91. The molecule has 2 heterocycles. The third-order valence-electron chi connectivity index (χ3n) is 1.71. The summed E-state index contributed by atoms with van der Waals surface area (Å²) < 4.78 is 4.87. The van der Waals surface area contributed by atoms with E-state index in [9.17, 15) is 10.4 Å². The Morgan fingerprint density at radius 2 is 2.08 bits per heavy atom. The lowest BCUT2D eigenvalue weighted by Crippen LogP contribution is -2.26. The molecule has 8 nitrogen and oxygen atoms in total. The summed E-state index contributed by atoms with van der Waals surface area (Å²) in [6.07, 6.45) is -0.903. The maximum atomic E-state index is 11.0. The Hall–Kier alpha value is -2.25. The number of fused-ring (bicyclic) bond motifs is 1. The Bertz CT molecular complexity index is 484. The normalized spacial score (nSPS) is 11.1. The molecule has 2 aromatic heterocycles. The van der Waals surface area contributed by atoms with Gasteiger partial charge in [0.15, 0.2) is 5.69 Å². The summed E-state index contributed by atoms with van der Waals surface area (Å²) in [5.41, 5.74) is 10.0. The number of oxazole rings is 1. The minimum Gasteiger partial charge on any atom is -0.706 e. The molecule has 2 rings (SSSR count). The van der Waals surface area contributed by atoms with Crippen LogP contribution in [0.15, 0.2) is 4.42 Å². The van der Waals surface area contributed by atoms with Crippen LogP contribution in [0.1, 0.15) is 0 Å². The molecule has 0 aromatic carbocycles. The third-order valence-corrected chi connectivity index (χ3v) is 1.71. The van der Waals surface area contributed by atoms with Gasteiger partial charge in [-0.1, -0.05) is 0 Å². The number of anilines is 2. The molecule has 0 spiro atoms. The van der Waals surface area contributed by atoms with E-state index in [2.05, 4.69) is 4.42 Å². The van der Waals surface area contributed by atoms with Crippen LogP contribution in [-0.4, -0.2) is 15.0 Å². The topological polar surface area (TPSA) is 138 Å². The third kappa shape index (κ3) is 0.662. The lowest BCUT2D eigenvalue weighted by atomic mass is 10.5. The lowest BCUT2D eigenvalue weighted by molar-refractivity contribution is -0.596. The van der Waals surface area contributed by atoms with Crippen LogP contribution in [0, 0.1) is 5.21 Å². The number of aromatic hydroxyl groups is 1. The predicted molar refractivity (Wildman–Crippen MR) is 40.8 cm³/mol. The van der Waals surface area contributed by atoms with Crippen molar-refractivity contribution in [1.29, 1.82) is 0 Å². The van der Waals surface area contributed by atoms with Gasteiger partial charge in [0, 0.05) is 0 Å². The van der Waals surface area contributed by atoms with Crippen molar-refractivity contribution in [3.8, 4) is 6.08 Å². The summed E-state index contributed by atoms with van der Waals surface area (Å²) in [4.78, 5) is 0. The highest BCUT2D eigenvalue weighted by Gasteiger charge is 2.28. The second-order valence-electron chi connectivity index (χ2n) is 2.44. The SMILES string of the molecule is Nc1c(N)n(O)c2c1oc(O)[n+]2[O-]. The summed E-state index contributed by atoms with van der Waals surface area (Å²) in [5, 5.41) is 29.0. The Morgan fingerprint density at radius 3 is 2.62 bits per heavy atom. The predicted octanol–water partition coefficient (Wildman–Crippen LogP) is -1.02. The van der Waals surface area contributed by atoms with Crippen molar-refractivity contribution < 1.29 is 19.5 Å². The highest BCUT2D eigenvalue weighted by Crippen LogP contribution is 2.30. The molecule has 0 atom stereocenters. The van der Waals surface area contributed by atoms with Crippen LogP contribution in [-0.2, 0) is 0 Å². The van der Waals surface area contributed by atoms with Gasteiger partial charge in [0.2, 0.25) is 0 Å². The van der Waals surface area contributed by atoms with Crippen LogP contribution in [0.3, 0.4) is 0 Å². The average molecular weight is 186 g/mol. The molecule has 70 valence electrons. The summed E-state index contributed by atoms with van der Waals surface area (Å²) in [6.45, 7) is 0. The Balaban J connectivity index is 3.01. The van der Waals surface area contributed by atoms with E-state index in [0.717, 1.165) is 0 Å². The lowest BCUT2D eigenvalue weighted by Gasteiger charge is -1.95. The molecule has 0 aliphatic heterocycles. The molecule has 6 N–H and O–H groups in total. The molecule has 0 saturated carbocycles. The molecule has 8 heteroatoms. The number of rotatable bonds is 0. The minimum absolute atomic E-state index is 0.0257. The van der Waals surface area contributed by atoms with E-state index in [1.54, 1.807) is 0 Å². The molecule has 0 saturated heterocycles. The molecule has 0 aliphatic carbocycles. The van der Waals surface area contributed by atoms with E-state index >= 15 is 0 Å². The maximum Gasteiger partial charge on any atom is 0.471 e. The quantitative estimate of drug-likeness (QED) is 0.236. The zero-order valence-electron chi connectivity index (χ0n) is 6.26. The van der Waals surface area contributed by atoms with Crippen LogP contribution in [0.5, 0.6) is 6.08 Å². The van der Waals surface area contributed by atoms with Gasteiger partial charge in [0.05, 0.1) is 0 Å². The van der Waals surface area contributed by atoms with Crippen molar-refractivity contribution in [3.05, 3.63) is 5.21 Å². The van der Waals surface area contributed by atoms with Gasteiger partial charge in [0.25, 0.3) is 11.4 Å². The average Bonchev–Trinajstić information content (AvgIpc) is 2.48. The van der Waals surface area contributed by atoms with Crippen molar-refractivity contribution in [2.75, 3.05) is 11.5 Å². The van der Waals surface area contributed by atoms with E-state index in [-0.39, 0.29) is 27.5 Å². The number of aromatic nitrogens is 2. The van der Waals surface area contributed by atoms with Gasteiger partial charge in [-0.2, -0.15) is 4.73 Å². The van der Waals surface area contributed by atoms with E-state index in [0.29, 0.717) is 4.73 Å². The summed E-state index contributed by atoms with van der Waals surface area (Å²) in [6, 6.07) is 0.